The quantitative estimate of drug-likeness (QED) is 0.0297. The summed E-state index contributed by atoms with van der Waals surface area (Å²) >= 11 is 0. The number of carboxylic acid groups (broad SMARTS) is 1. The lowest BCUT2D eigenvalue weighted by molar-refractivity contribution is -0.393. The molecule has 5 heterocycles. The number of carbonyl (C=O) groups excluding carboxylic acids is 2. The third kappa shape index (κ3) is 29.7. The van der Waals surface area contributed by atoms with Gasteiger partial charge in [0.05, 0.1) is 63.9 Å². The normalized spacial score (nSPS) is 34.3. The largest absolute Gasteiger partial charge is 0.477 e. The number of carboxylic acids is 1. The van der Waals surface area contributed by atoms with E-state index in [1.54, 1.807) is 0 Å². The Labute approximate surface area is 639 Å². The number of carbonyl (C=O) groups is 3. The van der Waals surface area contributed by atoms with Gasteiger partial charge in [-0.2, -0.15) is 0 Å². The summed E-state index contributed by atoms with van der Waals surface area (Å²) in [6.07, 6.45) is -23.9. The van der Waals surface area contributed by atoms with Gasteiger partial charge in [0.1, 0.15) is 128 Å². The van der Waals surface area contributed by atoms with Crippen LogP contribution in [0.5, 0.6) is 0 Å². The summed E-state index contributed by atoms with van der Waals surface area (Å²) in [6, 6.07) is -3.37. The van der Waals surface area contributed by atoms with Gasteiger partial charge in [0.15, 0.2) is 25.2 Å². The molecule has 0 radical (unpaired) electrons. The number of aliphatic hydroxyl groups excluding tert-OH is 19. The van der Waals surface area contributed by atoms with Gasteiger partial charge in [-0.3, -0.25) is 9.59 Å². The summed E-state index contributed by atoms with van der Waals surface area (Å²) in [4.78, 5) is 40.5. The molecule has 30 atom stereocenters. The van der Waals surface area contributed by atoms with E-state index in [1.165, 1.54) is 109 Å². The number of aliphatic carboxylic acids is 1. The SMILES string of the molecule is CCCCCCCCCCCCCCCCCCCC[C@@H](O)C(=O)N[C@@H](CO[C@@H]1O[C@H](CO)[C@@H](O[C@@H]2O[C@H](CO)[C@H](O)[C@H](O[C@]3(C(=O)O)C[C@H](O[C@H]4O[C@H](CO)[C@H](O)[C@H](O[C@@H]5O[C@H]([C@H](O)CO)[C@@H](O)[C@@H]5O)[C@H]4O)[C@@H](NC(C)=O)[C@H]([C@H](O)[C@H](O)CO)O3)[C@H]2O)[C@H](O)[C@H]1O)[C@H](O)[C@H](O)CCCCCCCCCCCCC. The van der Waals surface area contributed by atoms with Crippen LogP contribution in [0.15, 0.2) is 0 Å². The second-order valence-electron chi connectivity index (χ2n) is 30.2. The number of unbranched alkanes of at least 4 members (excludes halogenated alkanes) is 27. The Morgan fingerprint density at radius 2 is 0.890 bits per heavy atom. The number of hydrogen-bond acceptors (Lipinski definition) is 32. The minimum absolute atomic E-state index is 0.0870. The highest BCUT2D eigenvalue weighted by atomic mass is 16.8. The van der Waals surface area contributed by atoms with Crippen molar-refractivity contribution >= 4 is 17.8 Å². The van der Waals surface area contributed by atoms with Crippen molar-refractivity contribution in [3.8, 4) is 0 Å². The Bertz CT molecular complexity index is 2460. The summed E-state index contributed by atoms with van der Waals surface area (Å²) in [5.41, 5.74) is 0. The third-order valence-corrected chi connectivity index (χ3v) is 21.5. The van der Waals surface area contributed by atoms with E-state index in [0.29, 0.717) is 12.8 Å². The van der Waals surface area contributed by atoms with Crippen LogP contribution in [-0.4, -0.2) is 343 Å². The molecule has 0 spiro atoms. The maximum atomic E-state index is 13.9. The molecule has 0 aromatic heterocycles. The summed E-state index contributed by atoms with van der Waals surface area (Å²) in [5, 5.41) is 226. The highest BCUT2D eigenvalue weighted by molar-refractivity contribution is 5.80. The molecule has 5 aliphatic rings. The summed E-state index contributed by atoms with van der Waals surface area (Å²) in [6.45, 7) is -0.920. The van der Waals surface area contributed by atoms with E-state index in [-0.39, 0.29) is 12.8 Å². The number of hydrogen-bond donors (Lipinski definition) is 22. The van der Waals surface area contributed by atoms with Crippen LogP contribution in [0.4, 0.5) is 0 Å². The average Bonchev–Trinajstić information content (AvgIpc) is 0.818. The molecule has 109 heavy (non-hydrogen) atoms. The zero-order valence-corrected chi connectivity index (χ0v) is 63.9. The predicted molar refractivity (Wildman–Crippen MR) is 383 cm³/mol. The fraction of sp³-hybridized carbons (Fsp3) is 0.959. The van der Waals surface area contributed by atoms with E-state index in [9.17, 15) is 117 Å². The highest BCUT2D eigenvalue weighted by Crippen LogP contribution is 2.42. The maximum absolute atomic E-state index is 13.9. The van der Waals surface area contributed by atoms with Crippen molar-refractivity contribution in [2.75, 3.05) is 39.6 Å². The second-order valence-corrected chi connectivity index (χ2v) is 30.2. The molecule has 5 fully saturated rings. The van der Waals surface area contributed by atoms with Crippen LogP contribution in [0.2, 0.25) is 0 Å². The number of aliphatic hydroxyl groups is 19. The van der Waals surface area contributed by atoms with Crippen LogP contribution in [0.3, 0.4) is 0 Å². The lowest BCUT2D eigenvalue weighted by atomic mass is 9.87. The molecule has 0 unspecified atom stereocenters. The monoisotopic (exact) mass is 1580 g/mol. The molecule has 35 nitrogen and oxygen atoms in total. The van der Waals surface area contributed by atoms with Crippen LogP contribution in [0.25, 0.3) is 0 Å². The molecule has 0 aromatic carbocycles. The highest BCUT2D eigenvalue weighted by Gasteiger charge is 2.62. The Kier molecular flexibility index (Phi) is 45.6. The van der Waals surface area contributed by atoms with Gasteiger partial charge in [-0.15, -0.1) is 0 Å². The van der Waals surface area contributed by atoms with Crippen molar-refractivity contribution in [3.05, 3.63) is 0 Å². The first kappa shape index (κ1) is 96.8. The number of amides is 2. The number of ether oxygens (including phenoxy) is 10. The maximum Gasteiger partial charge on any atom is 0.364 e. The van der Waals surface area contributed by atoms with E-state index in [0.717, 1.165) is 71.1 Å². The first-order valence-corrected chi connectivity index (χ1v) is 40.1. The van der Waals surface area contributed by atoms with Crippen LogP contribution in [-0.2, 0) is 61.8 Å². The molecule has 0 aliphatic carbocycles. The second kappa shape index (κ2) is 51.4. The molecular formula is C74H136N2O33. The predicted octanol–water partition coefficient (Wildman–Crippen LogP) is -1.85. The standard InChI is InChI=1S/C74H136N2O33/c1-4-6-8-10-12-14-16-17-18-19-20-21-22-24-26-28-30-32-34-45(84)68(97)76-43(53(87)44(83)33-31-29-27-25-23-15-13-11-9-7-5-2)41-100-69-59(93)58(92)64(51(40-81)104-69)106-72-62(96)67(56(90)50(39-80)103-72)109-74(73(98)99)35-48(52(75-42(3)82)65(108-74)54(88)46(85)36-77)101-71-61(95)66(55(89)49(38-79)102-71)107-70-60(94)57(91)63(105-70)47(86)37-78/h43-67,69-72,77-81,83-96H,4-41H2,1-3H3,(H,75,82)(H,76,97)(H,98,99)/t43-,44+,45+,46+,47+,48-,49+,50+,51+,52+,53-,54+,55-,56-,57-,58+,59+,60-,61+,62+,63+,64+,65+,66-,67-,69+,70-,71-,72-,74-/m0/s1. The van der Waals surface area contributed by atoms with Crippen LogP contribution in [0, 0.1) is 0 Å². The van der Waals surface area contributed by atoms with Gasteiger partial charge in [0.2, 0.25) is 11.8 Å². The minimum atomic E-state index is -3.43. The first-order chi connectivity index (χ1) is 52.2. The Balaban J connectivity index is 1.29. The molecule has 5 saturated heterocycles. The molecule has 5 aliphatic heterocycles. The topological polar surface area (TPSA) is 572 Å². The zero-order valence-electron chi connectivity index (χ0n) is 63.9. The molecule has 640 valence electrons. The van der Waals surface area contributed by atoms with E-state index in [4.69, 9.17) is 47.4 Å². The van der Waals surface area contributed by atoms with E-state index < -0.39 is 247 Å². The van der Waals surface area contributed by atoms with Gasteiger partial charge in [-0.1, -0.05) is 200 Å². The lowest BCUT2D eigenvalue weighted by Crippen LogP contribution is -2.72. The Morgan fingerprint density at radius 1 is 0.459 bits per heavy atom. The molecule has 0 bridgehead atoms. The fourth-order valence-corrected chi connectivity index (χ4v) is 14.8. The molecule has 22 N–H and O–H groups in total. The first-order valence-electron chi connectivity index (χ1n) is 40.1. The Morgan fingerprint density at radius 3 is 1.36 bits per heavy atom. The van der Waals surface area contributed by atoms with E-state index >= 15 is 0 Å². The van der Waals surface area contributed by atoms with E-state index in [1.807, 2.05) is 0 Å². The van der Waals surface area contributed by atoms with Crippen LogP contribution < -0.4 is 10.6 Å². The molecule has 0 aromatic rings. The summed E-state index contributed by atoms with van der Waals surface area (Å²) < 4.78 is 58.2. The van der Waals surface area contributed by atoms with Crippen molar-refractivity contribution in [1.29, 1.82) is 0 Å². The van der Waals surface area contributed by atoms with Crippen LogP contribution >= 0.6 is 0 Å². The van der Waals surface area contributed by atoms with Gasteiger partial charge in [0.25, 0.3) is 5.79 Å². The minimum Gasteiger partial charge on any atom is -0.477 e. The van der Waals surface area contributed by atoms with Gasteiger partial charge in [-0.05, 0) is 12.8 Å². The van der Waals surface area contributed by atoms with Crippen molar-refractivity contribution in [3.63, 3.8) is 0 Å². The van der Waals surface area contributed by atoms with Crippen LogP contribution in [0.1, 0.15) is 226 Å². The Hall–Kier alpha value is -2.75. The van der Waals surface area contributed by atoms with Crippen molar-refractivity contribution < 1.29 is 164 Å². The van der Waals surface area contributed by atoms with Crippen molar-refractivity contribution in [2.24, 2.45) is 0 Å². The van der Waals surface area contributed by atoms with E-state index in [2.05, 4.69) is 24.5 Å². The average molecular weight is 1580 g/mol. The number of nitrogens with one attached hydrogen (secondary N) is 2. The van der Waals surface area contributed by atoms with Crippen molar-refractivity contribution in [2.45, 2.75) is 410 Å². The summed E-state index contributed by atoms with van der Waals surface area (Å²) in [5.74, 6) is -7.46. The molecule has 2 amide bonds. The molecule has 35 heteroatoms. The molecule has 5 rings (SSSR count). The van der Waals surface area contributed by atoms with Gasteiger partial charge < -0.3 is 160 Å². The smallest absolute Gasteiger partial charge is 0.364 e. The third-order valence-electron chi connectivity index (χ3n) is 21.5. The summed E-state index contributed by atoms with van der Waals surface area (Å²) in [7, 11) is 0. The van der Waals surface area contributed by atoms with Gasteiger partial charge in [-0.25, -0.2) is 4.79 Å². The molecular weight excluding hydrogens is 1440 g/mol. The lowest BCUT2D eigenvalue weighted by Gasteiger charge is -2.52. The van der Waals surface area contributed by atoms with Gasteiger partial charge >= 0.3 is 5.97 Å². The van der Waals surface area contributed by atoms with Crippen molar-refractivity contribution in [1.82, 2.24) is 10.6 Å². The number of rotatable bonds is 56. The fourth-order valence-electron chi connectivity index (χ4n) is 14.8. The zero-order chi connectivity index (χ0) is 80.3. The van der Waals surface area contributed by atoms with Gasteiger partial charge in [0, 0.05) is 13.3 Å². The molecule has 0 saturated carbocycles.